The van der Waals surface area contributed by atoms with Crippen molar-refractivity contribution in [3.63, 3.8) is 0 Å². The molecule has 4 rings (SSSR count). The zero-order chi connectivity index (χ0) is 21.8. The minimum atomic E-state index is -3.64. The maximum atomic E-state index is 12.7. The lowest BCUT2D eigenvalue weighted by Gasteiger charge is -2.29. The summed E-state index contributed by atoms with van der Waals surface area (Å²) in [7, 11) is -3.64. The Balaban J connectivity index is 1.39. The fourth-order valence-electron chi connectivity index (χ4n) is 3.74. The fraction of sp³-hybridized carbons (Fsp3) is 0.476. The number of aromatic amines is 1. The highest BCUT2D eigenvalue weighted by molar-refractivity contribution is 7.89. The summed E-state index contributed by atoms with van der Waals surface area (Å²) < 4.78 is 37.5. The topological polar surface area (TPSA) is 104 Å². The number of sulfonamides is 1. The first-order valence-corrected chi connectivity index (χ1v) is 11.9. The van der Waals surface area contributed by atoms with Crippen LogP contribution in [0.3, 0.4) is 0 Å². The highest BCUT2D eigenvalue weighted by Gasteiger charge is 2.28. The lowest BCUT2D eigenvalue weighted by molar-refractivity contribution is 0.0730. The van der Waals surface area contributed by atoms with Gasteiger partial charge in [0.25, 0.3) is 5.91 Å². The number of aromatic nitrogens is 1. The number of ether oxygens (including phenoxy) is 2. The number of hydrogen-bond acceptors (Lipinski definition) is 6. The van der Waals surface area contributed by atoms with E-state index in [0.29, 0.717) is 26.3 Å². The number of nitrogens with one attached hydrogen (secondary N) is 2. The first-order valence-electron chi connectivity index (χ1n) is 10.4. The van der Waals surface area contributed by atoms with Crippen LogP contribution in [0.4, 0.5) is 5.69 Å². The Bertz CT molecular complexity index is 993. The van der Waals surface area contributed by atoms with Crippen LogP contribution in [0.25, 0.3) is 0 Å². The monoisotopic (exact) mass is 448 g/mol. The van der Waals surface area contributed by atoms with Crippen molar-refractivity contribution in [2.24, 2.45) is 0 Å². The van der Waals surface area contributed by atoms with Crippen molar-refractivity contribution in [3.8, 4) is 0 Å². The molecule has 1 aromatic carbocycles. The van der Waals surface area contributed by atoms with Gasteiger partial charge in [0.1, 0.15) is 10.6 Å². The predicted octanol–water partition coefficient (Wildman–Crippen LogP) is 1.36. The summed E-state index contributed by atoms with van der Waals surface area (Å²) in [5.74, 6) is -0.354. The fourth-order valence-corrected chi connectivity index (χ4v) is 5.15. The first-order chi connectivity index (χ1) is 14.9. The van der Waals surface area contributed by atoms with Crippen LogP contribution in [-0.4, -0.2) is 76.2 Å². The molecule has 168 valence electrons. The molecular weight excluding hydrogens is 420 g/mol. The van der Waals surface area contributed by atoms with Crippen LogP contribution in [0.15, 0.2) is 41.4 Å². The first kappa shape index (κ1) is 21.8. The van der Waals surface area contributed by atoms with Gasteiger partial charge < -0.3 is 24.7 Å². The molecule has 0 radical (unpaired) electrons. The average Bonchev–Trinajstić information content (AvgIpc) is 3.32. The van der Waals surface area contributed by atoms with Gasteiger partial charge in [-0.2, -0.15) is 4.31 Å². The van der Waals surface area contributed by atoms with E-state index < -0.39 is 10.0 Å². The van der Waals surface area contributed by atoms with E-state index in [9.17, 15) is 13.2 Å². The van der Waals surface area contributed by atoms with Crippen molar-refractivity contribution >= 4 is 21.6 Å². The van der Waals surface area contributed by atoms with Crippen molar-refractivity contribution in [3.05, 3.63) is 47.8 Å². The molecule has 2 N–H and O–H groups in total. The Morgan fingerprint density at radius 1 is 1.03 bits per heavy atom. The van der Waals surface area contributed by atoms with Crippen molar-refractivity contribution < 1.29 is 22.7 Å². The van der Waals surface area contributed by atoms with E-state index in [2.05, 4.69) is 15.2 Å². The SMILES string of the molecule is CC(NC(=O)c1cc(S(=O)(=O)N2CCOCC2)c[nH]1)c1ccc(N2CCOCC2)cc1. The van der Waals surface area contributed by atoms with Crippen molar-refractivity contribution in [1.29, 1.82) is 0 Å². The summed E-state index contributed by atoms with van der Waals surface area (Å²) in [6.07, 6.45) is 1.36. The Kier molecular flexibility index (Phi) is 6.61. The number of nitrogens with zero attached hydrogens (tertiary/aromatic N) is 2. The van der Waals surface area contributed by atoms with Crippen molar-refractivity contribution in [1.82, 2.24) is 14.6 Å². The molecule has 9 nitrogen and oxygen atoms in total. The molecule has 2 saturated heterocycles. The zero-order valence-corrected chi connectivity index (χ0v) is 18.4. The molecule has 1 aromatic heterocycles. The smallest absolute Gasteiger partial charge is 0.268 e. The number of hydrogen-bond donors (Lipinski definition) is 2. The number of amides is 1. The molecule has 1 amide bonds. The minimum absolute atomic E-state index is 0.0852. The molecule has 2 aromatic rings. The molecule has 0 bridgehead atoms. The molecule has 3 heterocycles. The van der Waals surface area contributed by atoms with E-state index in [1.54, 1.807) is 0 Å². The summed E-state index contributed by atoms with van der Waals surface area (Å²) in [5.41, 5.74) is 2.31. The summed E-state index contributed by atoms with van der Waals surface area (Å²) >= 11 is 0. The third-order valence-electron chi connectivity index (χ3n) is 5.63. The summed E-state index contributed by atoms with van der Waals surface area (Å²) in [5, 5.41) is 2.92. The molecule has 2 aliphatic rings. The van der Waals surface area contributed by atoms with Gasteiger partial charge in [-0.1, -0.05) is 12.1 Å². The molecule has 1 atom stereocenters. The number of morpholine rings is 2. The molecule has 1 unspecified atom stereocenters. The molecule has 0 spiro atoms. The summed E-state index contributed by atoms with van der Waals surface area (Å²) in [4.78, 5) is 17.8. The highest BCUT2D eigenvalue weighted by atomic mass is 32.2. The van der Waals surface area contributed by atoms with Gasteiger partial charge in [0, 0.05) is 38.1 Å². The second-order valence-corrected chi connectivity index (χ2v) is 9.59. The Labute approximate surface area is 182 Å². The van der Waals surface area contributed by atoms with Crippen LogP contribution in [0.5, 0.6) is 0 Å². The standard InChI is InChI=1S/C21H28N4O5S/c1-16(17-2-4-18(5-3-17)24-6-10-29-11-7-24)23-21(26)20-14-19(15-22-20)31(27,28)25-8-12-30-13-9-25/h2-5,14-16,22H,6-13H2,1H3,(H,23,26). The van der Waals surface area contributed by atoms with E-state index in [0.717, 1.165) is 37.6 Å². The third-order valence-corrected chi connectivity index (χ3v) is 7.50. The van der Waals surface area contributed by atoms with Crippen molar-refractivity contribution in [2.45, 2.75) is 17.9 Å². The number of benzene rings is 1. The predicted molar refractivity (Wildman–Crippen MR) is 116 cm³/mol. The molecular formula is C21H28N4O5S. The molecule has 0 saturated carbocycles. The van der Waals surface area contributed by atoms with Gasteiger partial charge in [0.05, 0.1) is 32.5 Å². The van der Waals surface area contributed by atoms with Crippen LogP contribution in [0.2, 0.25) is 0 Å². The van der Waals surface area contributed by atoms with Gasteiger partial charge in [0.2, 0.25) is 10.0 Å². The Hall–Kier alpha value is -2.40. The number of anilines is 1. The van der Waals surface area contributed by atoms with E-state index in [1.165, 1.54) is 16.6 Å². The second kappa shape index (κ2) is 9.39. The Morgan fingerprint density at radius 3 is 2.29 bits per heavy atom. The normalized spacial score (nSPS) is 19.2. The van der Waals surface area contributed by atoms with Gasteiger partial charge >= 0.3 is 0 Å². The number of carbonyl (C=O) groups excluding carboxylic acids is 1. The number of rotatable bonds is 6. The van der Waals surface area contributed by atoms with Gasteiger partial charge in [-0.25, -0.2) is 8.42 Å². The van der Waals surface area contributed by atoms with E-state index in [1.807, 2.05) is 31.2 Å². The molecule has 2 fully saturated rings. The van der Waals surface area contributed by atoms with Crippen LogP contribution < -0.4 is 10.2 Å². The second-order valence-electron chi connectivity index (χ2n) is 7.65. The third kappa shape index (κ3) is 4.93. The maximum Gasteiger partial charge on any atom is 0.268 e. The molecule has 0 aliphatic carbocycles. The van der Waals surface area contributed by atoms with Gasteiger partial charge in [0.15, 0.2) is 0 Å². The molecule has 31 heavy (non-hydrogen) atoms. The van der Waals surface area contributed by atoms with Gasteiger partial charge in [-0.3, -0.25) is 4.79 Å². The van der Waals surface area contributed by atoms with Gasteiger partial charge in [-0.05, 0) is 30.7 Å². The van der Waals surface area contributed by atoms with Crippen LogP contribution >= 0.6 is 0 Å². The van der Waals surface area contributed by atoms with Gasteiger partial charge in [-0.15, -0.1) is 0 Å². The number of H-pyrrole nitrogens is 1. The average molecular weight is 449 g/mol. The van der Waals surface area contributed by atoms with E-state index >= 15 is 0 Å². The largest absolute Gasteiger partial charge is 0.379 e. The lowest BCUT2D eigenvalue weighted by Crippen LogP contribution is -2.40. The zero-order valence-electron chi connectivity index (χ0n) is 17.5. The Morgan fingerprint density at radius 2 is 1.65 bits per heavy atom. The molecule has 10 heteroatoms. The number of carbonyl (C=O) groups is 1. The lowest BCUT2D eigenvalue weighted by atomic mass is 10.1. The van der Waals surface area contributed by atoms with Crippen molar-refractivity contribution in [2.75, 3.05) is 57.5 Å². The quantitative estimate of drug-likeness (QED) is 0.692. The maximum absolute atomic E-state index is 12.7. The van der Waals surface area contributed by atoms with E-state index in [-0.39, 0.29) is 22.5 Å². The summed E-state index contributed by atoms with van der Waals surface area (Å²) in [6, 6.07) is 9.25. The van der Waals surface area contributed by atoms with Crippen LogP contribution in [-0.2, 0) is 19.5 Å². The minimum Gasteiger partial charge on any atom is -0.379 e. The summed E-state index contributed by atoms with van der Waals surface area (Å²) in [6.45, 7) is 6.47. The van der Waals surface area contributed by atoms with E-state index in [4.69, 9.17) is 9.47 Å². The molecule has 2 aliphatic heterocycles. The highest BCUT2D eigenvalue weighted by Crippen LogP contribution is 2.21. The van der Waals surface area contributed by atoms with Crippen LogP contribution in [0, 0.1) is 0 Å². The van der Waals surface area contributed by atoms with Crippen LogP contribution in [0.1, 0.15) is 29.0 Å².